The van der Waals surface area contributed by atoms with Crippen LogP contribution < -0.4 is 5.32 Å². The van der Waals surface area contributed by atoms with Crippen molar-refractivity contribution >= 4 is 16.7 Å². The summed E-state index contributed by atoms with van der Waals surface area (Å²) < 4.78 is 0. The summed E-state index contributed by atoms with van der Waals surface area (Å²) in [6.45, 7) is 2.99. The van der Waals surface area contributed by atoms with Crippen LogP contribution in [0.15, 0.2) is 72.8 Å². The molecule has 0 bridgehead atoms. The molecule has 3 aromatic carbocycles. The van der Waals surface area contributed by atoms with E-state index in [0.717, 1.165) is 35.4 Å². The summed E-state index contributed by atoms with van der Waals surface area (Å²) >= 11 is 0. The normalized spacial score (nSPS) is 10.9. The Kier molecular flexibility index (Phi) is 4.17. The van der Waals surface area contributed by atoms with Crippen molar-refractivity contribution in [3.63, 3.8) is 0 Å². The van der Waals surface area contributed by atoms with Gasteiger partial charge in [-0.3, -0.25) is 0 Å². The van der Waals surface area contributed by atoms with Gasteiger partial charge in [-0.25, -0.2) is 0 Å². The van der Waals surface area contributed by atoms with Gasteiger partial charge in [-0.2, -0.15) is 4.80 Å². The third kappa shape index (κ3) is 3.38. The van der Waals surface area contributed by atoms with Crippen molar-refractivity contribution in [3.8, 4) is 5.69 Å². The predicted octanol–water partition coefficient (Wildman–Crippen LogP) is 4.60. The molecular formula is C21H20N4. The van der Waals surface area contributed by atoms with E-state index >= 15 is 0 Å². The highest BCUT2D eigenvalue weighted by molar-refractivity contribution is 5.73. The molecule has 0 aliphatic heterocycles. The number of nitrogens with zero attached hydrogens (tertiary/aromatic N) is 3. The van der Waals surface area contributed by atoms with Gasteiger partial charge in [-0.15, -0.1) is 10.2 Å². The van der Waals surface area contributed by atoms with Gasteiger partial charge in [0, 0.05) is 12.2 Å². The van der Waals surface area contributed by atoms with E-state index in [1.165, 1.54) is 11.1 Å². The molecule has 0 aliphatic carbocycles. The Morgan fingerprint density at radius 3 is 1.96 bits per heavy atom. The molecule has 124 valence electrons. The predicted molar refractivity (Wildman–Crippen MR) is 102 cm³/mol. The second kappa shape index (κ2) is 6.77. The summed E-state index contributed by atoms with van der Waals surface area (Å²) in [4.78, 5) is 1.68. The maximum absolute atomic E-state index is 4.51. The van der Waals surface area contributed by atoms with Gasteiger partial charge in [0.05, 0.1) is 5.69 Å². The first-order valence-electron chi connectivity index (χ1n) is 8.56. The zero-order valence-electron chi connectivity index (χ0n) is 14.2. The molecule has 0 saturated carbocycles. The summed E-state index contributed by atoms with van der Waals surface area (Å²) in [6.07, 6.45) is 1.08. The lowest BCUT2D eigenvalue weighted by molar-refractivity contribution is 0.766. The number of benzene rings is 3. The van der Waals surface area contributed by atoms with Gasteiger partial charge >= 0.3 is 0 Å². The van der Waals surface area contributed by atoms with E-state index in [4.69, 9.17) is 0 Å². The van der Waals surface area contributed by atoms with Crippen molar-refractivity contribution in [2.45, 2.75) is 19.9 Å². The largest absolute Gasteiger partial charge is 0.381 e. The van der Waals surface area contributed by atoms with E-state index in [0.29, 0.717) is 0 Å². The monoisotopic (exact) mass is 328 g/mol. The number of anilines is 1. The van der Waals surface area contributed by atoms with Crippen LogP contribution in [0.25, 0.3) is 16.7 Å². The van der Waals surface area contributed by atoms with E-state index in [9.17, 15) is 0 Å². The summed E-state index contributed by atoms with van der Waals surface area (Å²) in [5.74, 6) is 0. The Balaban J connectivity index is 1.45. The van der Waals surface area contributed by atoms with E-state index in [1.807, 2.05) is 36.4 Å². The highest BCUT2D eigenvalue weighted by atomic mass is 15.5. The topological polar surface area (TPSA) is 42.7 Å². The molecule has 4 aromatic rings. The van der Waals surface area contributed by atoms with Crippen molar-refractivity contribution in [1.82, 2.24) is 15.0 Å². The first-order chi connectivity index (χ1) is 12.3. The first-order valence-corrected chi connectivity index (χ1v) is 8.56. The average molecular weight is 328 g/mol. The van der Waals surface area contributed by atoms with Gasteiger partial charge in [-0.05, 0) is 53.9 Å². The minimum absolute atomic E-state index is 0.813. The molecule has 4 rings (SSSR count). The highest BCUT2D eigenvalue weighted by Crippen LogP contribution is 2.16. The number of aryl methyl sites for hydroxylation is 1. The number of hydrogen-bond donors (Lipinski definition) is 1. The molecule has 0 saturated heterocycles. The first kappa shape index (κ1) is 15.4. The van der Waals surface area contributed by atoms with Gasteiger partial charge in [0.25, 0.3) is 0 Å². The average Bonchev–Trinajstić information content (AvgIpc) is 3.11. The lowest BCUT2D eigenvalue weighted by Gasteiger charge is -2.08. The van der Waals surface area contributed by atoms with Crippen LogP contribution in [-0.2, 0) is 13.0 Å². The molecule has 4 nitrogen and oxygen atoms in total. The van der Waals surface area contributed by atoms with Crippen LogP contribution in [0.5, 0.6) is 0 Å². The van der Waals surface area contributed by atoms with Crippen LogP contribution in [-0.4, -0.2) is 15.0 Å². The van der Waals surface area contributed by atoms with Crippen molar-refractivity contribution < 1.29 is 0 Å². The Labute approximate surface area is 147 Å². The van der Waals surface area contributed by atoms with E-state index in [1.54, 1.807) is 4.80 Å². The van der Waals surface area contributed by atoms with E-state index in [2.05, 4.69) is 58.8 Å². The van der Waals surface area contributed by atoms with Gasteiger partial charge < -0.3 is 5.32 Å². The molecule has 0 fully saturated rings. The van der Waals surface area contributed by atoms with Gasteiger partial charge in [-0.1, -0.05) is 43.3 Å². The van der Waals surface area contributed by atoms with Crippen molar-refractivity contribution in [2.24, 2.45) is 0 Å². The van der Waals surface area contributed by atoms with Crippen molar-refractivity contribution in [2.75, 3.05) is 5.32 Å². The van der Waals surface area contributed by atoms with Crippen LogP contribution in [0, 0.1) is 0 Å². The molecule has 0 unspecified atom stereocenters. The lowest BCUT2D eigenvalue weighted by Crippen LogP contribution is -2.01. The number of aromatic nitrogens is 3. The van der Waals surface area contributed by atoms with Crippen molar-refractivity contribution in [1.29, 1.82) is 0 Å². The van der Waals surface area contributed by atoms with Crippen LogP contribution in [0.3, 0.4) is 0 Å². The lowest BCUT2D eigenvalue weighted by atomic mass is 10.1. The molecule has 25 heavy (non-hydrogen) atoms. The SMILES string of the molecule is CCc1ccc(CNc2ccc(-n3nc4ccccc4n3)cc2)cc1. The number of hydrogen-bond acceptors (Lipinski definition) is 3. The van der Waals surface area contributed by atoms with Crippen LogP contribution in [0.4, 0.5) is 5.69 Å². The zero-order valence-corrected chi connectivity index (χ0v) is 14.2. The number of nitrogens with one attached hydrogen (secondary N) is 1. The molecule has 0 spiro atoms. The molecule has 1 aromatic heterocycles. The minimum Gasteiger partial charge on any atom is -0.381 e. The van der Waals surface area contributed by atoms with E-state index < -0.39 is 0 Å². The molecule has 1 heterocycles. The smallest absolute Gasteiger partial charge is 0.113 e. The highest BCUT2D eigenvalue weighted by Gasteiger charge is 2.03. The summed E-state index contributed by atoms with van der Waals surface area (Å²) in [5.41, 5.74) is 6.49. The second-order valence-electron chi connectivity index (χ2n) is 6.05. The molecule has 0 amide bonds. The number of rotatable bonds is 5. The zero-order chi connectivity index (χ0) is 17.1. The van der Waals surface area contributed by atoms with Crippen LogP contribution in [0.1, 0.15) is 18.1 Å². The summed E-state index contributed by atoms with van der Waals surface area (Å²) in [5, 5.41) is 12.5. The van der Waals surface area contributed by atoms with Crippen LogP contribution >= 0.6 is 0 Å². The van der Waals surface area contributed by atoms with Crippen molar-refractivity contribution in [3.05, 3.63) is 83.9 Å². The number of fused-ring (bicyclic) bond motifs is 1. The van der Waals surface area contributed by atoms with Gasteiger partial charge in [0.2, 0.25) is 0 Å². The minimum atomic E-state index is 0.813. The van der Waals surface area contributed by atoms with Gasteiger partial charge in [0.15, 0.2) is 0 Å². The maximum Gasteiger partial charge on any atom is 0.113 e. The molecule has 1 N–H and O–H groups in total. The fraction of sp³-hybridized carbons (Fsp3) is 0.143. The molecule has 0 radical (unpaired) electrons. The quantitative estimate of drug-likeness (QED) is 0.582. The third-order valence-electron chi connectivity index (χ3n) is 4.31. The fourth-order valence-electron chi connectivity index (χ4n) is 2.78. The van der Waals surface area contributed by atoms with E-state index in [-0.39, 0.29) is 0 Å². The summed E-state index contributed by atoms with van der Waals surface area (Å²) in [6, 6.07) is 24.8. The Morgan fingerprint density at radius 1 is 0.760 bits per heavy atom. The summed E-state index contributed by atoms with van der Waals surface area (Å²) in [7, 11) is 0. The maximum atomic E-state index is 4.51. The van der Waals surface area contributed by atoms with Gasteiger partial charge in [0.1, 0.15) is 11.0 Å². The Bertz CT molecular complexity index is 936. The Morgan fingerprint density at radius 2 is 1.36 bits per heavy atom. The molecular weight excluding hydrogens is 308 g/mol. The standard InChI is InChI=1S/C21H20N4/c1-2-16-7-9-17(10-8-16)15-22-18-11-13-19(14-12-18)25-23-20-5-3-4-6-21(20)24-25/h3-14,22H,2,15H2,1H3. The molecule has 0 aliphatic rings. The Hall–Kier alpha value is -3.14. The molecule has 0 atom stereocenters. The third-order valence-corrected chi connectivity index (χ3v) is 4.31. The second-order valence-corrected chi connectivity index (χ2v) is 6.05. The fourth-order valence-corrected chi connectivity index (χ4v) is 2.78. The molecule has 4 heteroatoms. The van der Waals surface area contributed by atoms with Crippen LogP contribution in [0.2, 0.25) is 0 Å².